The van der Waals surface area contributed by atoms with E-state index in [0.717, 1.165) is 6.42 Å². The number of hydrogen-bond donors (Lipinski definition) is 0. The first-order valence-corrected chi connectivity index (χ1v) is 6.06. The van der Waals surface area contributed by atoms with Gasteiger partial charge in [0.25, 0.3) is 0 Å². The lowest BCUT2D eigenvalue weighted by atomic mass is 10.1. The van der Waals surface area contributed by atoms with Gasteiger partial charge in [0.1, 0.15) is 11.6 Å². The fourth-order valence-corrected chi connectivity index (χ4v) is 2.37. The van der Waals surface area contributed by atoms with Gasteiger partial charge in [0.15, 0.2) is 0 Å². The molecule has 1 fully saturated rings. The van der Waals surface area contributed by atoms with Crippen molar-refractivity contribution < 1.29 is 9.18 Å². The molecule has 1 aliphatic rings. The summed E-state index contributed by atoms with van der Waals surface area (Å²) in [5, 5.41) is 4.38. The summed E-state index contributed by atoms with van der Waals surface area (Å²) in [6, 6.07) is 8.51. The van der Waals surface area contributed by atoms with Crippen LogP contribution in [0.25, 0.3) is 11.3 Å². The Labute approximate surface area is 104 Å². The number of carbonyl (C=O) groups excluding carboxylic acids is 1. The van der Waals surface area contributed by atoms with Crippen LogP contribution in [-0.2, 0) is 4.79 Å². The highest BCUT2D eigenvalue weighted by Crippen LogP contribution is 2.28. The molecule has 1 atom stereocenters. The van der Waals surface area contributed by atoms with Gasteiger partial charge in [-0.1, -0.05) is 12.1 Å². The molecule has 18 heavy (non-hydrogen) atoms. The van der Waals surface area contributed by atoms with E-state index in [2.05, 4.69) is 5.10 Å². The second-order valence-electron chi connectivity index (χ2n) is 4.60. The van der Waals surface area contributed by atoms with E-state index in [1.807, 2.05) is 6.20 Å². The van der Waals surface area contributed by atoms with Crippen molar-refractivity contribution in [1.82, 2.24) is 9.78 Å². The van der Waals surface area contributed by atoms with Gasteiger partial charge >= 0.3 is 0 Å². The molecule has 0 N–H and O–H groups in total. The number of nitrogens with zero attached hydrogens (tertiary/aromatic N) is 2. The summed E-state index contributed by atoms with van der Waals surface area (Å²) in [5.41, 5.74) is 1.12. The molecule has 0 amide bonds. The highest BCUT2D eigenvalue weighted by molar-refractivity contribution is 5.80. The van der Waals surface area contributed by atoms with Crippen molar-refractivity contribution in [3.63, 3.8) is 0 Å². The Morgan fingerprint density at radius 1 is 1.28 bits per heavy atom. The number of ketones is 1. The molecule has 1 heterocycles. The molecule has 0 radical (unpaired) electrons. The summed E-state index contributed by atoms with van der Waals surface area (Å²) < 4.78 is 15.4. The molecule has 0 aliphatic heterocycles. The third-order valence-electron chi connectivity index (χ3n) is 3.35. The Kier molecular flexibility index (Phi) is 2.70. The molecule has 1 saturated carbocycles. The van der Waals surface area contributed by atoms with Crippen molar-refractivity contribution in [2.75, 3.05) is 0 Å². The van der Waals surface area contributed by atoms with Crippen LogP contribution in [0.15, 0.2) is 36.5 Å². The van der Waals surface area contributed by atoms with Crippen LogP contribution in [0.3, 0.4) is 0 Å². The van der Waals surface area contributed by atoms with Gasteiger partial charge in [0, 0.05) is 24.6 Å². The number of aromatic nitrogens is 2. The molecule has 1 aliphatic carbocycles. The first-order valence-electron chi connectivity index (χ1n) is 6.06. The predicted octanol–water partition coefficient (Wildman–Crippen LogP) is 2.98. The van der Waals surface area contributed by atoms with E-state index < -0.39 is 0 Å². The normalized spacial score (nSPS) is 19.4. The molecule has 3 nitrogen and oxygen atoms in total. The number of halogens is 1. The molecule has 0 spiro atoms. The van der Waals surface area contributed by atoms with Crippen LogP contribution in [0, 0.1) is 5.82 Å². The van der Waals surface area contributed by atoms with Crippen LogP contribution in [0.5, 0.6) is 0 Å². The SMILES string of the molecule is O=C1CCC(n2ccc(-c3ccccc3F)n2)C1. The summed E-state index contributed by atoms with van der Waals surface area (Å²) in [5.74, 6) is 0.00758. The second kappa shape index (κ2) is 4.37. The minimum Gasteiger partial charge on any atom is -0.300 e. The van der Waals surface area contributed by atoms with Gasteiger partial charge in [0.2, 0.25) is 0 Å². The van der Waals surface area contributed by atoms with Gasteiger partial charge in [0.05, 0.1) is 11.7 Å². The summed E-state index contributed by atoms with van der Waals surface area (Å²) in [6.45, 7) is 0. The summed E-state index contributed by atoms with van der Waals surface area (Å²) in [4.78, 5) is 11.3. The van der Waals surface area contributed by atoms with Crippen molar-refractivity contribution >= 4 is 5.78 Å². The number of hydrogen-bond acceptors (Lipinski definition) is 2. The Morgan fingerprint density at radius 3 is 2.83 bits per heavy atom. The van der Waals surface area contributed by atoms with Gasteiger partial charge < -0.3 is 0 Å². The van der Waals surface area contributed by atoms with Crippen molar-refractivity contribution in [2.45, 2.75) is 25.3 Å². The smallest absolute Gasteiger partial charge is 0.135 e. The van der Waals surface area contributed by atoms with Gasteiger partial charge in [-0.3, -0.25) is 9.48 Å². The monoisotopic (exact) mass is 244 g/mol. The minimum atomic E-state index is -0.273. The summed E-state index contributed by atoms with van der Waals surface area (Å²) >= 11 is 0. The quantitative estimate of drug-likeness (QED) is 0.814. The van der Waals surface area contributed by atoms with E-state index in [-0.39, 0.29) is 17.6 Å². The zero-order chi connectivity index (χ0) is 12.5. The minimum absolute atomic E-state index is 0.137. The first-order chi connectivity index (χ1) is 8.74. The lowest BCUT2D eigenvalue weighted by Gasteiger charge is -2.08. The summed E-state index contributed by atoms with van der Waals surface area (Å²) in [7, 11) is 0. The molecule has 0 saturated heterocycles. The van der Waals surface area contributed by atoms with E-state index in [1.54, 1.807) is 28.9 Å². The zero-order valence-electron chi connectivity index (χ0n) is 9.84. The van der Waals surface area contributed by atoms with Crippen molar-refractivity contribution in [2.24, 2.45) is 0 Å². The van der Waals surface area contributed by atoms with E-state index in [0.29, 0.717) is 24.1 Å². The van der Waals surface area contributed by atoms with Crippen molar-refractivity contribution in [1.29, 1.82) is 0 Å². The molecule has 3 rings (SSSR count). The first kappa shape index (κ1) is 11.1. The van der Waals surface area contributed by atoms with Gasteiger partial charge in [-0.05, 0) is 24.6 Å². The lowest BCUT2D eigenvalue weighted by molar-refractivity contribution is -0.117. The average Bonchev–Trinajstić information content (AvgIpc) is 2.98. The zero-order valence-corrected chi connectivity index (χ0v) is 9.84. The largest absolute Gasteiger partial charge is 0.300 e. The molecule has 92 valence electrons. The second-order valence-corrected chi connectivity index (χ2v) is 4.60. The van der Waals surface area contributed by atoms with Gasteiger partial charge in [-0.15, -0.1) is 0 Å². The number of carbonyl (C=O) groups is 1. The lowest BCUT2D eigenvalue weighted by Crippen LogP contribution is -2.06. The highest BCUT2D eigenvalue weighted by atomic mass is 19.1. The molecular weight excluding hydrogens is 231 g/mol. The fourth-order valence-electron chi connectivity index (χ4n) is 2.37. The van der Waals surface area contributed by atoms with E-state index in [1.165, 1.54) is 6.07 Å². The molecule has 4 heteroatoms. The van der Waals surface area contributed by atoms with E-state index in [4.69, 9.17) is 0 Å². The predicted molar refractivity (Wildman–Crippen MR) is 65.5 cm³/mol. The van der Waals surface area contributed by atoms with E-state index >= 15 is 0 Å². The Hall–Kier alpha value is -1.97. The topological polar surface area (TPSA) is 34.9 Å². The average molecular weight is 244 g/mol. The maximum atomic E-state index is 13.6. The molecule has 0 bridgehead atoms. The number of benzene rings is 1. The molecule has 1 aromatic carbocycles. The van der Waals surface area contributed by atoms with Gasteiger partial charge in [-0.2, -0.15) is 5.10 Å². The van der Waals surface area contributed by atoms with E-state index in [9.17, 15) is 9.18 Å². The van der Waals surface area contributed by atoms with Gasteiger partial charge in [-0.25, -0.2) is 4.39 Å². The van der Waals surface area contributed by atoms with Crippen LogP contribution < -0.4 is 0 Å². The van der Waals surface area contributed by atoms with Crippen molar-refractivity contribution in [3.05, 3.63) is 42.3 Å². The maximum Gasteiger partial charge on any atom is 0.135 e. The van der Waals surface area contributed by atoms with Crippen LogP contribution in [0.4, 0.5) is 4.39 Å². The van der Waals surface area contributed by atoms with Crippen LogP contribution in [0.1, 0.15) is 25.3 Å². The Balaban J connectivity index is 1.90. The molecule has 1 aromatic heterocycles. The Bertz CT molecular complexity index is 591. The molecule has 2 aromatic rings. The van der Waals surface area contributed by atoms with Crippen LogP contribution in [-0.4, -0.2) is 15.6 Å². The van der Waals surface area contributed by atoms with Crippen LogP contribution in [0.2, 0.25) is 0 Å². The summed E-state index contributed by atoms with van der Waals surface area (Å²) in [6.07, 6.45) is 3.82. The Morgan fingerprint density at radius 2 is 2.11 bits per heavy atom. The number of Topliss-reactive ketones (excluding diaryl/α,β-unsaturated/α-hetero) is 1. The maximum absolute atomic E-state index is 13.6. The van der Waals surface area contributed by atoms with Crippen LogP contribution >= 0.6 is 0 Å². The standard InChI is InChI=1S/C14H13FN2O/c15-13-4-2-1-3-12(13)14-7-8-17(16-14)10-5-6-11(18)9-10/h1-4,7-8,10H,5-6,9H2. The highest BCUT2D eigenvalue weighted by Gasteiger charge is 2.24. The van der Waals surface area contributed by atoms with Crippen molar-refractivity contribution in [3.8, 4) is 11.3 Å². The molecule has 1 unspecified atom stereocenters. The number of rotatable bonds is 2. The third-order valence-corrected chi connectivity index (χ3v) is 3.35. The molecular formula is C14H13FN2O. The third kappa shape index (κ3) is 1.94. The fraction of sp³-hybridized carbons (Fsp3) is 0.286.